The minimum absolute atomic E-state index is 0.0147. The number of carbonyl (C=O) groups is 1. The molecule has 2 rings (SSSR count). The lowest BCUT2D eigenvalue weighted by atomic mass is 10.2. The van der Waals surface area contributed by atoms with Gasteiger partial charge < -0.3 is 20.1 Å². The molecule has 5 nitrogen and oxygen atoms in total. The second-order valence-corrected chi connectivity index (χ2v) is 6.53. The molecule has 0 aromatic heterocycles. The fourth-order valence-corrected chi connectivity index (χ4v) is 2.54. The molecule has 1 amide bonds. The summed E-state index contributed by atoms with van der Waals surface area (Å²) >= 11 is 3.39. The normalized spacial score (nSPS) is 15.9. The molecule has 1 atom stereocenters. The van der Waals surface area contributed by atoms with E-state index in [0.29, 0.717) is 23.9 Å². The van der Waals surface area contributed by atoms with Crippen LogP contribution in [0.25, 0.3) is 0 Å². The Morgan fingerprint density at radius 3 is 2.90 bits per heavy atom. The van der Waals surface area contributed by atoms with Crippen LogP contribution in [-0.2, 0) is 4.79 Å². The van der Waals surface area contributed by atoms with Crippen LogP contribution in [0.4, 0.5) is 5.69 Å². The van der Waals surface area contributed by atoms with Gasteiger partial charge in [0.05, 0.1) is 18.3 Å². The molecule has 1 heterocycles. The zero-order valence-corrected chi connectivity index (χ0v) is 13.9. The van der Waals surface area contributed by atoms with E-state index in [1.54, 1.807) is 4.90 Å². The standard InChI is InChI=1S/C15H21BrN2O3/c1-10(2)6-17-7-12(19)8-18-13-5-11(16)3-4-14(13)21-9-15(18)20/h3-5,10,12,17,19H,6-9H2,1-2H3. The SMILES string of the molecule is CC(C)CNCC(O)CN1C(=O)COc2ccc(Br)cc21. The number of nitrogens with one attached hydrogen (secondary N) is 1. The third-order valence-corrected chi connectivity index (χ3v) is 3.68. The highest BCUT2D eigenvalue weighted by atomic mass is 79.9. The van der Waals surface area contributed by atoms with Gasteiger partial charge in [-0.25, -0.2) is 0 Å². The highest BCUT2D eigenvalue weighted by molar-refractivity contribution is 9.10. The third kappa shape index (κ3) is 4.43. The van der Waals surface area contributed by atoms with E-state index in [-0.39, 0.29) is 19.1 Å². The average Bonchev–Trinajstić information content (AvgIpc) is 2.42. The molecular formula is C15H21BrN2O3. The Morgan fingerprint density at radius 1 is 1.43 bits per heavy atom. The van der Waals surface area contributed by atoms with Crippen molar-refractivity contribution >= 4 is 27.5 Å². The Balaban J connectivity index is 2.02. The largest absolute Gasteiger partial charge is 0.482 e. The molecule has 6 heteroatoms. The highest BCUT2D eigenvalue weighted by Crippen LogP contribution is 2.34. The molecule has 0 spiro atoms. The number of benzene rings is 1. The second-order valence-electron chi connectivity index (χ2n) is 5.61. The molecule has 0 bridgehead atoms. The Bertz CT molecular complexity index is 508. The lowest BCUT2D eigenvalue weighted by Gasteiger charge is -2.31. The van der Waals surface area contributed by atoms with Gasteiger partial charge in [0.15, 0.2) is 6.61 Å². The van der Waals surface area contributed by atoms with Gasteiger partial charge in [0.2, 0.25) is 0 Å². The molecule has 0 aliphatic carbocycles. The number of carbonyl (C=O) groups excluding carboxylic acids is 1. The summed E-state index contributed by atoms with van der Waals surface area (Å²) in [7, 11) is 0. The van der Waals surface area contributed by atoms with Crippen molar-refractivity contribution in [1.82, 2.24) is 5.32 Å². The van der Waals surface area contributed by atoms with Crippen LogP contribution in [0.1, 0.15) is 13.8 Å². The number of anilines is 1. The average molecular weight is 357 g/mol. The van der Waals surface area contributed by atoms with E-state index in [9.17, 15) is 9.90 Å². The number of rotatable bonds is 6. The van der Waals surface area contributed by atoms with Crippen molar-refractivity contribution in [2.24, 2.45) is 5.92 Å². The van der Waals surface area contributed by atoms with E-state index in [1.165, 1.54) is 0 Å². The van der Waals surface area contributed by atoms with Crippen molar-refractivity contribution in [3.8, 4) is 5.75 Å². The van der Waals surface area contributed by atoms with Crippen molar-refractivity contribution in [2.75, 3.05) is 31.1 Å². The molecule has 1 unspecified atom stereocenters. The lowest BCUT2D eigenvalue weighted by molar-refractivity contribution is -0.121. The van der Waals surface area contributed by atoms with Gasteiger partial charge in [-0.3, -0.25) is 4.79 Å². The molecule has 1 aromatic rings. The number of hydrogen-bond acceptors (Lipinski definition) is 4. The van der Waals surface area contributed by atoms with Crippen LogP contribution >= 0.6 is 15.9 Å². The third-order valence-electron chi connectivity index (χ3n) is 3.19. The van der Waals surface area contributed by atoms with Gasteiger partial charge in [0.25, 0.3) is 5.91 Å². The first-order valence-corrected chi connectivity index (χ1v) is 7.88. The first kappa shape index (κ1) is 16.3. The Kier molecular flexibility index (Phi) is 5.61. The zero-order valence-electron chi connectivity index (χ0n) is 12.3. The number of hydrogen-bond donors (Lipinski definition) is 2. The van der Waals surface area contributed by atoms with Gasteiger partial charge in [0, 0.05) is 11.0 Å². The number of nitrogens with zero attached hydrogens (tertiary/aromatic N) is 1. The van der Waals surface area contributed by atoms with Gasteiger partial charge in [-0.15, -0.1) is 0 Å². The summed E-state index contributed by atoms with van der Waals surface area (Å²) in [6.07, 6.45) is -0.613. The minimum Gasteiger partial charge on any atom is -0.482 e. The summed E-state index contributed by atoms with van der Waals surface area (Å²) in [4.78, 5) is 13.6. The fraction of sp³-hybridized carbons (Fsp3) is 0.533. The predicted molar refractivity (Wildman–Crippen MR) is 85.7 cm³/mol. The summed E-state index contributed by atoms with van der Waals surface area (Å²) in [5, 5.41) is 13.3. The predicted octanol–water partition coefficient (Wildman–Crippen LogP) is 1.78. The zero-order chi connectivity index (χ0) is 15.4. The maximum atomic E-state index is 12.0. The van der Waals surface area contributed by atoms with E-state index in [2.05, 4.69) is 35.1 Å². The van der Waals surface area contributed by atoms with Gasteiger partial charge in [-0.1, -0.05) is 29.8 Å². The number of fused-ring (bicyclic) bond motifs is 1. The summed E-state index contributed by atoms with van der Waals surface area (Å²) in [5.74, 6) is 1.06. The van der Waals surface area contributed by atoms with Crippen LogP contribution in [0.15, 0.2) is 22.7 Å². The second kappa shape index (κ2) is 7.24. The Morgan fingerprint density at radius 2 is 2.19 bits per heavy atom. The molecule has 2 N–H and O–H groups in total. The number of amides is 1. The molecule has 0 saturated heterocycles. The molecule has 1 aliphatic heterocycles. The number of ether oxygens (including phenoxy) is 1. The molecule has 0 saturated carbocycles. The van der Waals surface area contributed by atoms with Crippen LogP contribution in [-0.4, -0.2) is 43.4 Å². The smallest absolute Gasteiger partial charge is 0.265 e. The number of halogens is 1. The monoisotopic (exact) mass is 356 g/mol. The number of aliphatic hydroxyl groups excluding tert-OH is 1. The first-order chi connectivity index (χ1) is 9.97. The molecule has 21 heavy (non-hydrogen) atoms. The van der Waals surface area contributed by atoms with Crippen molar-refractivity contribution in [3.63, 3.8) is 0 Å². The molecule has 1 aliphatic rings. The van der Waals surface area contributed by atoms with Crippen molar-refractivity contribution in [1.29, 1.82) is 0 Å². The van der Waals surface area contributed by atoms with Crippen molar-refractivity contribution < 1.29 is 14.6 Å². The fourth-order valence-electron chi connectivity index (χ4n) is 2.19. The molecule has 0 radical (unpaired) electrons. The number of aliphatic hydroxyl groups is 1. The molecule has 1 aromatic carbocycles. The van der Waals surface area contributed by atoms with Crippen LogP contribution in [0.2, 0.25) is 0 Å². The van der Waals surface area contributed by atoms with Gasteiger partial charge in [-0.05, 0) is 30.7 Å². The lowest BCUT2D eigenvalue weighted by Crippen LogP contribution is -2.45. The van der Waals surface area contributed by atoms with E-state index in [0.717, 1.165) is 11.0 Å². The summed E-state index contributed by atoms with van der Waals surface area (Å²) in [6, 6.07) is 5.52. The van der Waals surface area contributed by atoms with Crippen LogP contribution in [0.3, 0.4) is 0 Å². The Labute approximate surface area is 133 Å². The summed E-state index contributed by atoms with van der Waals surface area (Å²) in [5.41, 5.74) is 0.698. The molecule has 0 fully saturated rings. The van der Waals surface area contributed by atoms with E-state index in [4.69, 9.17) is 4.74 Å². The van der Waals surface area contributed by atoms with E-state index < -0.39 is 6.10 Å². The molecule has 116 valence electrons. The van der Waals surface area contributed by atoms with Crippen molar-refractivity contribution in [2.45, 2.75) is 20.0 Å². The quantitative estimate of drug-likeness (QED) is 0.815. The number of β-amino-alcohol motifs (C(OH)–C–C–N with tert-alkyl or cyclic N) is 1. The first-order valence-electron chi connectivity index (χ1n) is 7.09. The van der Waals surface area contributed by atoms with Crippen LogP contribution in [0.5, 0.6) is 5.75 Å². The molecular weight excluding hydrogens is 336 g/mol. The van der Waals surface area contributed by atoms with E-state index in [1.807, 2.05) is 18.2 Å². The maximum Gasteiger partial charge on any atom is 0.265 e. The van der Waals surface area contributed by atoms with Crippen LogP contribution < -0.4 is 15.0 Å². The summed E-state index contributed by atoms with van der Waals surface area (Å²) < 4.78 is 6.28. The van der Waals surface area contributed by atoms with Crippen LogP contribution in [0, 0.1) is 5.92 Å². The minimum atomic E-state index is -0.613. The van der Waals surface area contributed by atoms with Gasteiger partial charge in [-0.2, -0.15) is 0 Å². The van der Waals surface area contributed by atoms with Gasteiger partial charge >= 0.3 is 0 Å². The van der Waals surface area contributed by atoms with Crippen molar-refractivity contribution in [3.05, 3.63) is 22.7 Å². The Hall–Kier alpha value is -1.11. The van der Waals surface area contributed by atoms with Gasteiger partial charge in [0.1, 0.15) is 5.75 Å². The summed E-state index contributed by atoms with van der Waals surface area (Å²) in [6.45, 7) is 5.80. The van der Waals surface area contributed by atoms with E-state index >= 15 is 0 Å². The highest BCUT2D eigenvalue weighted by Gasteiger charge is 2.27. The maximum absolute atomic E-state index is 12.0. The topological polar surface area (TPSA) is 61.8 Å².